The summed E-state index contributed by atoms with van der Waals surface area (Å²) in [5, 5.41) is 1.58. The number of nitrogen functional groups attached to an aromatic ring is 1. The Labute approximate surface area is 120 Å². The van der Waals surface area contributed by atoms with Gasteiger partial charge in [-0.3, -0.25) is 0 Å². The van der Waals surface area contributed by atoms with Gasteiger partial charge in [-0.2, -0.15) is 0 Å². The van der Waals surface area contributed by atoms with E-state index in [1.165, 1.54) is 0 Å². The third kappa shape index (κ3) is 3.02. The molecule has 2 aromatic carbocycles. The first-order valence-corrected chi connectivity index (χ1v) is 6.32. The summed E-state index contributed by atoms with van der Waals surface area (Å²) < 4.78 is 5.58. The van der Waals surface area contributed by atoms with Gasteiger partial charge >= 0.3 is 0 Å². The first kappa shape index (κ1) is 13.3. The van der Waals surface area contributed by atoms with E-state index in [2.05, 4.69) is 0 Å². The summed E-state index contributed by atoms with van der Waals surface area (Å²) in [6.45, 7) is 0.257. The summed E-state index contributed by atoms with van der Waals surface area (Å²) in [6, 6.07) is 10.4. The minimum absolute atomic E-state index is 0.257. The van der Waals surface area contributed by atoms with Crippen molar-refractivity contribution in [3.05, 3.63) is 57.0 Å². The smallest absolute Gasteiger partial charge is 0.138 e. The quantitative estimate of drug-likeness (QED) is 0.826. The lowest BCUT2D eigenvalue weighted by molar-refractivity contribution is 0.307. The number of halogens is 3. The Morgan fingerprint density at radius 1 is 1.00 bits per heavy atom. The molecule has 0 bridgehead atoms. The molecule has 0 aliphatic heterocycles. The summed E-state index contributed by atoms with van der Waals surface area (Å²) in [4.78, 5) is 0. The normalized spacial score (nSPS) is 10.4. The number of rotatable bonds is 3. The number of benzene rings is 2. The molecule has 2 nitrogen and oxygen atoms in total. The molecule has 0 heterocycles. The molecule has 5 heteroatoms. The fourth-order valence-electron chi connectivity index (χ4n) is 1.47. The summed E-state index contributed by atoms with van der Waals surface area (Å²) in [5.41, 5.74) is 7.16. The van der Waals surface area contributed by atoms with Crippen LogP contribution in [0, 0.1) is 0 Å². The molecule has 0 unspecified atom stereocenters. The van der Waals surface area contributed by atoms with E-state index in [-0.39, 0.29) is 6.61 Å². The fraction of sp³-hybridized carbons (Fsp3) is 0.0769. The summed E-state index contributed by atoms with van der Waals surface area (Å²) >= 11 is 17.9. The number of ether oxygens (including phenoxy) is 1. The van der Waals surface area contributed by atoms with Gasteiger partial charge in [0.2, 0.25) is 0 Å². The minimum Gasteiger partial charge on any atom is -0.487 e. The van der Waals surface area contributed by atoms with Crippen LogP contribution in [0.15, 0.2) is 36.4 Å². The van der Waals surface area contributed by atoms with Crippen LogP contribution < -0.4 is 10.5 Å². The average molecular weight is 303 g/mol. The van der Waals surface area contributed by atoms with E-state index < -0.39 is 0 Å². The maximum absolute atomic E-state index is 6.05. The lowest BCUT2D eigenvalue weighted by Gasteiger charge is -2.11. The number of hydrogen-bond donors (Lipinski definition) is 1. The van der Waals surface area contributed by atoms with E-state index in [1.54, 1.807) is 36.4 Å². The molecule has 0 saturated heterocycles. The van der Waals surface area contributed by atoms with Gasteiger partial charge in [0.15, 0.2) is 0 Å². The van der Waals surface area contributed by atoms with Crippen molar-refractivity contribution in [1.82, 2.24) is 0 Å². The van der Waals surface area contributed by atoms with Crippen LogP contribution in [0.2, 0.25) is 15.1 Å². The van der Waals surface area contributed by atoms with Crippen LogP contribution in [-0.2, 0) is 6.61 Å². The van der Waals surface area contributed by atoms with E-state index in [1.807, 2.05) is 0 Å². The number of hydrogen-bond acceptors (Lipinski definition) is 2. The number of nitrogens with two attached hydrogens (primary N) is 1. The fourth-order valence-corrected chi connectivity index (χ4v) is 2.17. The van der Waals surface area contributed by atoms with E-state index in [4.69, 9.17) is 45.3 Å². The molecule has 0 amide bonds. The zero-order valence-corrected chi connectivity index (χ0v) is 11.6. The Kier molecular flexibility index (Phi) is 4.23. The highest BCUT2D eigenvalue weighted by Gasteiger charge is 2.07. The molecule has 2 rings (SSSR count). The monoisotopic (exact) mass is 301 g/mol. The van der Waals surface area contributed by atoms with E-state index in [0.717, 1.165) is 5.56 Å². The maximum Gasteiger partial charge on any atom is 0.138 e. The van der Waals surface area contributed by atoms with Crippen LogP contribution in [0.25, 0.3) is 0 Å². The van der Waals surface area contributed by atoms with Crippen LogP contribution in [0.4, 0.5) is 5.69 Å². The highest BCUT2D eigenvalue weighted by atomic mass is 35.5. The summed E-state index contributed by atoms with van der Waals surface area (Å²) in [5.74, 6) is 0.542. The standard InChI is InChI=1S/C13H10Cl3NO/c14-8-4-5-13(11(16)6-8)18-7-9-10(15)2-1-3-12(9)17/h1-6H,7,17H2. The van der Waals surface area contributed by atoms with Gasteiger partial charge in [-0.25, -0.2) is 0 Å². The predicted octanol–water partition coefficient (Wildman–Crippen LogP) is 4.81. The first-order chi connectivity index (χ1) is 8.58. The van der Waals surface area contributed by atoms with Crippen LogP contribution >= 0.6 is 34.8 Å². The van der Waals surface area contributed by atoms with Crippen molar-refractivity contribution in [1.29, 1.82) is 0 Å². The van der Waals surface area contributed by atoms with Gasteiger partial charge in [0.25, 0.3) is 0 Å². The van der Waals surface area contributed by atoms with Crippen molar-refractivity contribution in [2.24, 2.45) is 0 Å². The average Bonchev–Trinajstić information content (AvgIpc) is 2.31. The second kappa shape index (κ2) is 5.70. The third-order valence-corrected chi connectivity index (χ3v) is 3.31. The second-order valence-electron chi connectivity index (χ2n) is 3.67. The topological polar surface area (TPSA) is 35.2 Å². The highest BCUT2D eigenvalue weighted by molar-refractivity contribution is 6.35. The van der Waals surface area contributed by atoms with Gasteiger partial charge in [-0.05, 0) is 30.3 Å². The van der Waals surface area contributed by atoms with Crippen molar-refractivity contribution >= 4 is 40.5 Å². The van der Waals surface area contributed by atoms with Crippen molar-refractivity contribution < 1.29 is 4.74 Å². The lowest BCUT2D eigenvalue weighted by atomic mass is 10.2. The van der Waals surface area contributed by atoms with Gasteiger partial charge in [0.05, 0.1) is 5.02 Å². The molecule has 0 saturated carbocycles. The zero-order chi connectivity index (χ0) is 13.1. The van der Waals surface area contributed by atoms with Crippen LogP contribution in [0.1, 0.15) is 5.56 Å². The minimum atomic E-state index is 0.257. The van der Waals surface area contributed by atoms with Gasteiger partial charge in [0, 0.05) is 21.3 Å². The molecule has 0 aromatic heterocycles. The molecule has 2 aromatic rings. The molecule has 94 valence electrons. The van der Waals surface area contributed by atoms with Crippen molar-refractivity contribution in [2.75, 3.05) is 5.73 Å². The highest BCUT2D eigenvalue weighted by Crippen LogP contribution is 2.30. The zero-order valence-electron chi connectivity index (χ0n) is 9.29. The Morgan fingerprint density at radius 3 is 2.44 bits per heavy atom. The third-order valence-electron chi connectivity index (χ3n) is 2.42. The lowest BCUT2D eigenvalue weighted by Crippen LogP contribution is -2.01. The molecular weight excluding hydrogens is 293 g/mol. The molecular formula is C13H10Cl3NO. The number of anilines is 1. The predicted molar refractivity (Wildman–Crippen MR) is 76.7 cm³/mol. The van der Waals surface area contributed by atoms with Crippen molar-refractivity contribution in [2.45, 2.75) is 6.61 Å². The van der Waals surface area contributed by atoms with Crippen LogP contribution in [0.3, 0.4) is 0 Å². The Balaban J connectivity index is 2.16. The molecule has 2 N–H and O–H groups in total. The molecule has 0 spiro atoms. The van der Waals surface area contributed by atoms with Gasteiger partial charge in [-0.1, -0.05) is 40.9 Å². The molecule has 0 fully saturated rings. The molecule has 0 atom stereocenters. The van der Waals surface area contributed by atoms with Crippen LogP contribution in [-0.4, -0.2) is 0 Å². The first-order valence-electron chi connectivity index (χ1n) is 5.18. The van der Waals surface area contributed by atoms with Gasteiger partial charge in [-0.15, -0.1) is 0 Å². The van der Waals surface area contributed by atoms with Gasteiger partial charge < -0.3 is 10.5 Å². The Bertz CT molecular complexity index is 552. The molecule has 18 heavy (non-hydrogen) atoms. The largest absolute Gasteiger partial charge is 0.487 e. The van der Waals surface area contributed by atoms with Gasteiger partial charge in [0.1, 0.15) is 12.4 Å². The van der Waals surface area contributed by atoms with Crippen molar-refractivity contribution in [3.8, 4) is 5.75 Å². The summed E-state index contributed by atoms with van der Waals surface area (Å²) in [7, 11) is 0. The SMILES string of the molecule is Nc1cccc(Cl)c1COc1ccc(Cl)cc1Cl. The van der Waals surface area contributed by atoms with Crippen LogP contribution in [0.5, 0.6) is 5.75 Å². The molecule has 0 aliphatic carbocycles. The molecule has 0 radical (unpaired) electrons. The molecule has 0 aliphatic rings. The maximum atomic E-state index is 6.05. The van der Waals surface area contributed by atoms with Crippen molar-refractivity contribution in [3.63, 3.8) is 0 Å². The second-order valence-corrected chi connectivity index (χ2v) is 4.92. The van der Waals surface area contributed by atoms with E-state index >= 15 is 0 Å². The van der Waals surface area contributed by atoms with E-state index in [9.17, 15) is 0 Å². The summed E-state index contributed by atoms with van der Waals surface area (Å²) in [6.07, 6.45) is 0. The Hall–Kier alpha value is -1.09. The van der Waals surface area contributed by atoms with E-state index in [0.29, 0.717) is 26.5 Å². The Morgan fingerprint density at radius 2 is 1.78 bits per heavy atom.